The van der Waals surface area contributed by atoms with E-state index in [1.807, 2.05) is 13.8 Å². The number of hydrogen-bond donors (Lipinski definition) is 0. The molecule has 0 aliphatic heterocycles. The second-order valence-corrected chi connectivity index (χ2v) is 43.9. The average molecular weight is 278 g/mol. The van der Waals surface area contributed by atoms with Gasteiger partial charge in [-0.2, -0.15) is 0 Å². The minimum atomic E-state index is -0.832. The van der Waals surface area contributed by atoms with Crippen LogP contribution in [0.4, 0.5) is 0 Å². The van der Waals surface area contributed by atoms with E-state index in [9.17, 15) is 0 Å². The molecule has 0 aromatic heterocycles. The Kier molecular flexibility index (Phi) is 7.27. The van der Waals surface area contributed by atoms with Gasteiger partial charge < -0.3 is 0 Å². The number of rotatable bonds is 3. The zero-order chi connectivity index (χ0) is 13.1. The monoisotopic (exact) mass is 277 g/mol. The smallest absolute Gasteiger partial charge is 0.0306 e. The van der Waals surface area contributed by atoms with Gasteiger partial charge in [0.05, 0.1) is 0 Å². The molecular formula is C11H33Si4. The van der Waals surface area contributed by atoms with E-state index in [1.54, 1.807) is 0 Å². The van der Waals surface area contributed by atoms with Gasteiger partial charge >= 0.3 is 0 Å². The molecule has 0 N–H and O–H groups in total. The van der Waals surface area contributed by atoms with Crippen LogP contribution in [-0.4, -0.2) is 30.1 Å². The predicted octanol–water partition coefficient (Wildman–Crippen LogP) is 4.76. The van der Waals surface area contributed by atoms with Crippen molar-refractivity contribution >= 4 is 30.1 Å². The Morgan fingerprint density at radius 2 is 0.600 bits per heavy atom. The molecule has 0 bridgehead atoms. The fourth-order valence-corrected chi connectivity index (χ4v) is 91.1. The van der Waals surface area contributed by atoms with E-state index in [-0.39, 0.29) is 7.35 Å². The summed E-state index contributed by atoms with van der Waals surface area (Å²) in [6.45, 7) is 27.5. The van der Waals surface area contributed by atoms with Crippen molar-refractivity contribution in [3.8, 4) is 0 Å². The molecule has 0 saturated carbocycles. The third kappa shape index (κ3) is 6.92. The molecule has 93 valence electrons. The molecule has 0 aromatic rings. The van der Waals surface area contributed by atoms with Crippen molar-refractivity contribution in [1.82, 2.24) is 0 Å². The molecule has 0 heterocycles. The van der Waals surface area contributed by atoms with Crippen LogP contribution in [0.2, 0.25) is 58.9 Å². The van der Waals surface area contributed by atoms with E-state index < -0.39 is 22.8 Å². The quantitative estimate of drug-likeness (QED) is 0.653. The van der Waals surface area contributed by atoms with Gasteiger partial charge in [-0.1, -0.05) is 72.8 Å². The lowest BCUT2D eigenvalue weighted by Gasteiger charge is -2.44. The molecule has 0 rings (SSSR count). The average Bonchev–Trinajstić information content (AvgIpc) is 1.79. The van der Waals surface area contributed by atoms with Crippen LogP contribution < -0.4 is 0 Å². The summed E-state index contributed by atoms with van der Waals surface area (Å²) < 4.78 is 0. The summed E-state index contributed by atoms with van der Waals surface area (Å²) in [4.78, 5) is 0. The second kappa shape index (κ2) is 5.98. The Balaban J connectivity index is 0. The van der Waals surface area contributed by atoms with Crippen LogP contribution in [0.5, 0.6) is 0 Å². The van der Waals surface area contributed by atoms with E-state index in [2.05, 4.69) is 58.9 Å². The minimum Gasteiger partial charge on any atom is -0.0721 e. The van der Waals surface area contributed by atoms with Crippen LogP contribution in [0.1, 0.15) is 13.8 Å². The Bertz CT molecular complexity index is 135. The largest absolute Gasteiger partial charge is 0.0721 e. The highest BCUT2D eigenvalue weighted by Gasteiger charge is 2.46. The normalized spacial score (nSPS) is 13.6. The molecule has 0 amide bonds. The van der Waals surface area contributed by atoms with E-state index in [0.29, 0.717) is 0 Å². The van der Waals surface area contributed by atoms with Crippen molar-refractivity contribution in [2.24, 2.45) is 0 Å². The van der Waals surface area contributed by atoms with Gasteiger partial charge in [0.1, 0.15) is 0 Å². The molecule has 15 heavy (non-hydrogen) atoms. The molecule has 0 saturated heterocycles. The molecular weight excluding hydrogens is 244 g/mol. The van der Waals surface area contributed by atoms with Crippen molar-refractivity contribution in [2.45, 2.75) is 72.8 Å². The van der Waals surface area contributed by atoms with Crippen LogP contribution in [0.15, 0.2) is 0 Å². The lowest BCUT2D eigenvalue weighted by molar-refractivity contribution is 1.50. The highest BCUT2D eigenvalue weighted by Crippen LogP contribution is 2.25. The summed E-state index contributed by atoms with van der Waals surface area (Å²) in [5.41, 5.74) is 0. The van der Waals surface area contributed by atoms with Crippen LogP contribution in [-0.2, 0) is 0 Å². The Morgan fingerprint density at radius 1 is 0.467 bits per heavy atom. The van der Waals surface area contributed by atoms with E-state index in [4.69, 9.17) is 0 Å². The molecule has 1 radical (unpaired) electrons. The van der Waals surface area contributed by atoms with Gasteiger partial charge in [-0.3, -0.25) is 0 Å². The van der Waals surface area contributed by atoms with Crippen molar-refractivity contribution in [1.29, 1.82) is 0 Å². The molecule has 0 aliphatic rings. The lowest BCUT2D eigenvalue weighted by atomic mass is 11.0. The fourth-order valence-electron chi connectivity index (χ4n) is 3.38. The van der Waals surface area contributed by atoms with Crippen LogP contribution in [0, 0.1) is 0 Å². The first-order chi connectivity index (χ1) is 6.37. The Hall–Kier alpha value is 0.868. The van der Waals surface area contributed by atoms with Crippen molar-refractivity contribution < 1.29 is 0 Å². The van der Waals surface area contributed by atoms with Gasteiger partial charge in [0.15, 0.2) is 0 Å². The van der Waals surface area contributed by atoms with Crippen LogP contribution >= 0.6 is 0 Å². The van der Waals surface area contributed by atoms with Gasteiger partial charge in [-0.25, -0.2) is 0 Å². The summed E-state index contributed by atoms with van der Waals surface area (Å²) in [5, 5.41) is 0. The molecule has 0 atom stereocenters. The van der Waals surface area contributed by atoms with E-state index in [1.165, 1.54) is 0 Å². The first-order valence-corrected chi connectivity index (χ1v) is 21.2. The third-order valence-corrected chi connectivity index (χ3v) is 60.8. The third-order valence-electron chi connectivity index (χ3n) is 2.25. The summed E-state index contributed by atoms with van der Waals surface area (Å²) in [5.74, 6) is 0. The maximum atomic E-state index is 2.61. The maximum absolute atomic E-state index is 2.61. The Morgan fingerprint density at radius 3 is 0.600 bits per heavy atom. The number of hydrogen-bond acceptors (Lipinski definition) is 0. The van der Waals surface area contributed by atoms with E-state index >= 15 is 0 Å². The maximum Gasteiger partial charge on any atom is 0.0306 e. The summed E-state index contributed by atoms with van der Waals surface area (Å²) >= 11 is 0. The highest BCUT2D eigenvalue weighted by molar-refractivity contribution is 7.81. The zero-order valence-corrected chi connectivity index (χ0v) is 17.0. The first-order valence-electron chi connectivity index (χ1n) is 6.25. The van der Waals surface area contributed by atoms with Crippen LogP contribution in [0.3, 0.4) is 0 Å². The molecule has 0 spiro atoms. The molecule has 0 fully saturated rings. The van der Waals surface area contributed by atoms with Crippen molar-refractivity contribution in [2.75, 3.05) is 0 Å². The highest BCUT2D eigenvalue weighted by atomic mass is 29.9. The second-order valence-electron chi connectivity index (χ2n) is 7.12. The van der Waals surface area contributed by atoms with Crippen molar-refractivity contribution in [3.05, 3.63) is 0 Å². The van der Waals surface area contributed by atoms with Crippen LogP contribution in [0.25, 0.3) is 0 Å². The SMILES string of the molecule is CC.C[Si](C)(C)[Si]([Si](C)(C)C)[Si](C)(C)C. The van der Waals surface area contributed by atoms with Gasteiger partial charge in [-0.15, -0.1) is 0 Å². The lowest BCUT2D eigenvalue weighted by Crippen LogP contribution is -2.70. The van der Waals surface area contributed by atoms with Gasteiger partial charge in [0.2, 0.25) is 0 Å². The van der Waals surface area contributed by atoms with E-state index in [0.717, 1.165) is 0 Å². The predicted molar refractivity (Wildman–Crippen MR) is 87.1 cm³/mol. The fraction of sp³-hybridized carbons (Fsp3) is 1.00. The summed E-state index contributed by atoms with van der Waals surface area (Å²) in [7, 11) is -2.47. The molecule has 4 heteroatoms. The van der Waals surface area contributed by atoms with Gasteiger partial charge in [0, 0.05) is 30.1 Å². The van der Waals surface area contributed by atoms with Crippen molar-refractivity contribution in [3.63, 3.8) is 0 Å². The molecule has 0 unspecified atom stereocenters. The van der Waals surface area contributed by atoms with Gasteiger partial charge in [-0.05, 0) is 0 Å². The first kappa shape index (κ1) is 18.2. The molecule has 0 aliphatic carbocycles. The van der Waals surface area contributed by atoms with Gasteiger partial charge in [0.25, 0.3) is 0 Å². The minimum absolute atomic E-state index is 0.0255. The topological polar surface area (TPSA) is 0 Å². The summed E-state index contributed by atoms with van der Waals surface area (Å²) in [6.07, 6.45) is 0. The standard InChI is InChI=1S/C9H27Si4.C2H6/c1-11(2,3)10(12(4,5)6)13(7,8)9;1-2/h1-9H3;1-2H3. The zero-order valence-electron chi connectivity index (χ0n) is 13.0. The Labute approximate surface area is 103 Å². The molecule has 0 aromatic carbocycles. The summed E-state index contributed by atoms with van der Waals surface area (Å²) in [6, 6.07) is 0. The molecule has 0 nitrogen and oxygen atoms in total.